The SMILES string of the molecule is CCOc1ccccc1-c1nnc(SCC(=O)c2cccc([N+](=O)[O-])c2)n1CC. The summed E-state index contributed by atoms with van der Waals surface area (Å²) in [5, 5.41) is 20.0. The van der Waals surface area contributed by atoms with Crippen molar-refractivity contribution in [3.63, 3.8) is 0 Å². The van der Waals surface area contributed by atoms with Crippen LogP contribution in [0.25, 0.3) is 11.4 Å². The maximum Gasteiger partial charge on any atom is 0.270 e. The van der Waals surface area contributed by atoms with E-state index in [1.165, 1.54) is 30.0 Å². The van der Waals surface area contributed by atoms with Gasteiger partial charge in [0.25, 0.3) is 5.69 Å². The molecule has 2 aromatic carbocycles. The Bertz CT molecular complexity index is 1030. The van der Waals surface area contributed by atoms with Gasteiger partial charge in [-0.25, -0.2) is 0 Å². The lowest BCUT2D eigenvalue weighted by molar-refractivity contribution is -0.384. The first kappa shape index (κ1) is 20.5. The summed E-state index contributed by atoms with van der Waals surface area (Å²) in [5.74, 6) is 1.29. The second kappa shape index (κ2) is 9.33. The molecule has 0 unspecified atom stereocenters. The highest BCUT2D eigenvalue weighted by Crippen LogP contribution is 2.31. The number of nitro groups is 1. The minimum atomic E-state index is -0.514. The number of benzene rings is 2. The smallest absolute Gasteiger partial charge is 0.270 e. The third-order valence-electron chi connectivity index (χ3n) is 4.17. The zero-order valence-corrected chi connectivity index (χ0v) is 16.9. The Labute approximate surface area is 172 Å². The summed E-state index contributed by atoms with van der Waals surface area (Å²) in [6.45, 7) is 5.05. The van der Waals surface area contributed by atoms with Crippen LogP contribution in [-0.4, -0.2) is 37.8 Å². The Balaban J connectivity index is 1.80. The maximum atomic E-state index is 12.5. The number of carbonyl (C=O) groups is 1. The fourth-order valence-electron chi connectivity index (χ4n) is 2.82. The molecule has 0 amide bonds. The highest BCUT2D eigenvalue weighted by atomic mass is 32.2. The topological polar surface area (TPSA) is 100 Å². The Morgan fingerprint density at radius 2 is 1.97 bits per heavy atom. The number of nitro benzene ring substituents is 1. The van der Waals surface area contributed by atoms with Gasteiger partial charge in [0.1, 0.15) is 5.75 Å². The second-order valence-corrected chi connectivity index (χ2v) is 6.94. The summed E-state index contributed by atoms with van der Waals surface area (Å²) in [6, 6.07) is 13.3. The highest BCUT2D eigenvalue weighted by Gasteiger charge is 2.18. The molecule has 0 saturated carbocycles. The summed E-state index contributed by atoms with van der Waals surface area (Å²) in [5.41, 5.74) is 1.03. The van der Waals surface area contributed by atoms with Gasteiger partial charge >= 0.3 is 0 Å². The van der Waals surface area contributed by atoms with Crippen LogP contribution < -0.4 is 4.74 Å². The largest absolute Gasteiger partial charge is 0.493 e. The van der Waals surface area contributed by atoms with Gasteiger partial charge in [0.2, 0.25) is 0 Å². The van der Waals surface area contributed by atoms with E-state index in [2.05, 4.69) is 10.2 Å². The van der Waals surface area contributed by atoms with Gasteiger partial charge in [-0.05, 0) is 26.0 Å². The maximum absolute atomic E-state index is 12.5. The third-order valence-corrected chi connectivity index (χ3v) is 5.14. The Morgan fingerprint density at radius 3 is 2.69 bits per heavy atom. The molecule has 1 heterocycles. The summed E-state index contributed by atoms with van der Waals surface area (Å²) >= 11 is 1.25. The number of Topliss-reactive ketones (excluding diaryl/α,β-unsaturated/α-hetero) is 1. The van der Waals surface area contributed by atoms with E-state index in [1.807, 2.05) is 42.7 Å². The second-order valence-electron chi connectivity index (χ2n) is 6.00. The predicted octanol–water partition coefficient (Wildman–Crippen LogP) is 4.25. The van der Waals surface area contributed by atoms with Crippen molar-refractivity contribution in [1.82, 2.24) is 14.8 Å². The van der Waals surface area contributed by atoms with Crippen LogP contribution in [0.3, 0.4) is 0 Å². The van der Waals surface area contributed by atoms with E-state index in [1.54, 1.807) is 6.07 Å². The number of aromatic nitrogens is 3. The Morgan fingerprint density at radius 1 is 1.17 bits per heavy atom. The molecule has 0 atom stereocenters. The first-order valence-electron chi connectivity index (χ1n) is 9.11. The molecule has 3 aromatic rings. The molecule has 29 heavy (non-hydrogen) atoms. The van der Waals surface area contributed by atoms with Crippen molar-refractivity contribution in [2.45, 2.75) is 25.5 Å². The zero-order chi connectivity index (χ0) is 20.8. The van der Waals surface area contributed by atoms with Crippen molar-refractivity contribution < 1.29 is 14.5 Å². The van der Waals surface area contributed by atoms with Gasteiger partial charge < -0.3 is 9.30 Å². The van der Waals surface area contributed by atoms with Crippen LogP contribution >= 0.6 is 11.8 Å². The average molecular weight is 412 g/mol. The molecule has 0 fully saturated rings. The summed E-state index contributed by atoms with van der Waals surface area (Å²) < 4.78 is 7.61. The molecule has 0 N–H and O–H groups in total. The number of thioether (sulfide) groups is 1. The Kier molecular flexibility index (Phi) is 6.61. The molecule has 9 heteroatoms. The quantitative estimate of drug-likeness (QED) is 0.224. The number of nitrogens with zero attached hydrogens (tertiary/aromatic N) is 4. The fraction of sp³-hybridized carbons (Fsp3) is 0.250. The molecule has 0 radical (unpaired) electrons. The number of carbonyl (C=O) groups excluding carboxylic acids is 1. The van der Waals surface area contributed by atoms with E-state index in [0.29, 0.717) is 29.7 Å². The number of non-ortho nitro benzene ring substituents is 1. The number of para-hydroxylation sites is 1. The third kappa shape index (κ3) is 4.62. The van der Waals surface area contributed by atoms with Gasteiger partial charge in [0.05, 0.1) is 22.8 Å². The number of ketones is 1. The number of hydrogen-bond acceptors (Lipinski definition) is 7. The molecule has 0 spiro atoms. The van der Waals surface area contributed by atoms with Crippen LogP contribution in [0, 0.1) is 10.1 Å². The van der Waals surface area contributed by atoms with Crippen molar-refractivity contribution in [3.8, 4) is 17.1 Å². The molecule has 150 valence electrons. The van der Waals surface area contributed by atoms with Crippen LogP contribution in [0.4, 0.5) is 5.69 Å². The lowest BCUT2D eigenvalue weighted by atomic mass is 10.1. The molecule has 1 aromatic heterocycles. The minimum absolute atomic E-state index is 0.104. The van der Waals surface area contributed by atoms with E-state index in [9.17, 15) is 14.9 Å². The number of hydrogen-bond donors (Lipinski definition) is 0. The molecule has 3 rings (SSSR count). The summed E-state index contributed by atoms with van der Waals surface area (Å²) in [7, 11) is 0. The van der Waals surface area contributed by atoms with Crippen molar-refractivity contribution >= 4 is 23.2 Å². The molecular weight excluding hydrogens is 392 g/mol. The lowest BCUT2D eigenvalue weighted by Gasteiger charge is -2.11. The van der Waals surface area contributed by atoms with E-state index in [0.717, 1.165) is 11.3 Å². The van der Waals surface area contributed by atoms with E-state index >= 15 is 0 Å². The highest BCUT2D eigenvalue weighted by molar-refractivity contribution is 7.99. The summed E-state index contributed by atoms with van der Waals surface area (Å²) in [4.78, 5) is 22.9. The normalized spacial score (nSPS) is 10.7. The molecule has 0 aliphatic heterocycles. The van der Waals surface area contributed by atoms with Crippen molar-refractivity contribution in [2.24, 2.45) is 0 Å². The average Bonchev–Trinajstić information content (AvgIpc) is 3.15. The van der Waals surface area contributed by atoms with Crippen molar-refractivity contribution in [1.29, 1.82) is 0 Å². The van der Waals surface area contributed by atoms with Gasteiger partial charge in [-0.3, -0.25) is 14.9 Å². The van der Waals surface area contributed by atoms with Gasteiger partial charge in [-0.2, -0.15) is 0 Å². The van der Waals surface area contributed by atoms with Gasteiger partial charge in [-0.15, -0.1) is 10.2 Å². The molecule has 8 nitrogen and oxygen atoms in total. The van der Waals surface area contributed by atoms with Crippen LogP contribution in [0.1, 0.15) is 24.2 Å². The molecule has 0 bridgehead atoms. The predicted molar refractivity (Wildman–Crippen MR) is 110 cm³/mol. The van der Waals surface area contributed by atoms with Crippen LogP contribution in [0.2, 0.25) is 0 Å². The first-order valence-corrected chi connectivity index (χ1v) is 10.1. The van der Waals surface area contributed by atoms with Gasteiger partial charge in [0, 0.05) is 24.2 Å². The first-order chi connectivity index (χ1) is 14.0. The minimum Gasteiger partial charge on any atom is -0.493 e. The van der Waals surface area contributed by atoms with Crippen LogP contribution in [0.5, 0.6) is 5.75 Å². The fourth-order valence-corrected chi connectivity index (χ4v) is 3.72. The van der Waals surface area contributed by atoms with Crippen LogP contribution in [-0.2, 0) is 6.54 Å². The van der Waals surface area contributed by atoms with E-state index in [-0.39, 0.29) is 17.2 Å². The molecule has 0 aliphatic carbocycles. The zero-order valence-electron chi connectivity index (χ0n) is 16.1. The molecule has 0 aliphatic rings. The van der Waals surface area contributed by atoms with Crippen molar-refractivity contribution in [2.75, 3.05) is 12.4 Å². The van der Waals surface area contributed by atoms with E-state index < -0.39 is 4.92 Å². The van der Waals surface area contributed by atoms with Gasteiger partial charge in [0.15, 0.2) is 16.8 Å². The molecular formula is C20H20N4O4S. The lowest BCUT2D eigenvalue weighted by Crippen LogP contribution is -2.06. The molecule has 0 saturated heterocycles. The number of rotatable bonds is 9. The van der Waals surface area contributed by atoms with E-state index in [4.69, 9.17) is 4.74 Å². The van der Waals surface area contributed by atoms with Gasteiger partial charge in [-0.1, -0.05) is 36.0 Å². The standard InChI is InChI=1S/C20H20N4O4S/c1-3-23-19(16-10-5-6-11-18(16)28-4-2)21-22-20(23)29-13-17(25)14-8-7-9-15(12-14)24(26)27/h5-12H,3-4,13H2,1-2H3. The Hall–Kier alpha value is -3.20. The monoisotopic (exact) mass is 412 g/mol. The number of ether oxygens (including phenoxy) is 1. The van der Waals surface area contributed by atoms with Crippen LogP contribution in [0.15, 0.2) is 53.7 Å². The van der Waals surface area contributed by atoms with Crippen molar-refractivity contribution in [3.05, 3.63) is 64.2 Å². The summed E-state index contributed by atoms with van der Waals surface area (Å²) in [6.07, 6.45) is 0.